The molecule has 15 heavy (non-hydrogen) atoms. The fourth-order valence-corrected chi connectivity index (χ4v) is 3.18. The summed E-state index contributed by atoms with van der Waals surface area (Å²) in [5, 5.41) is 0. The standard InChI is InChI=1S/C14H23O/c1-10-7-6-8-14(4,5)13(10)11(2)9-12(3)15/h6,11,13H,1,7-9H2,2-5H3/q+1. The van der Waals surface area contributed by atoms with E-state index in [9.17, 15) is 4.79 Å². The Bertz CT molecular complexity index is 263. The largest absolute Gasteiger partial charge is 0.300 e. The van der Waals surface area contributed by atoms with Crippen molar-refractivity contribution in [1.82, 2.24) is 0 Å². The van der Waals surface area contributed by atoms with Crippen molar-refractivity contribution in [3.63, 3.8) is 0 Å². The van der Waals surface area contributed by atoms with E-state index in [4.69, 9.17) is 0 Å². The third kappa shape index (κ3) is 2.87. The molecule has 0 saturated heterocycles. The molecule has 0 radical (unpaired) electrons. The molecule has 0 aromatic heterocycles. The summed E-state index contributed by atoms with van der Waals surface area (Å²) in [4.78, 5) is 11.2. The van der Waals surface area contributed by atoms with Gasteiger partial charge in [0.15, 0.2) is 0 Å². The van der Waals surface area contributed by atoms with E-state index >= 15 is 0 Å². The van der Waals surface area contributed by atoms with Gasteiger partial charge in [-0.15, -0.1) is 0 Å². The van der Waals surface area contributed by atoms with E-state index in [1.807, 2.05) is 0 Å². The Morgan fingerprint density at radius 2 is 2.27 bits per heavy atom. The summed E-state index contributed by atoms with van der Waals surface area (Å²) in [5.41, 5.74) is 1.57. The number of carbonyl (C=O) groups is 1. The lowest BCUT2D eigenvalue weighted by Gasteiger charge is -2.39. The summed E-state index contributed by atoms with van der Waals surface area (Å²) in [5.74, 6) is 1.21. The third-order valence-corrected chi connectivity index (χ3v) is 3.54. The molecular weight excluding hydrogens is 184 g/mol. The second-order valence-electron chi connectivity index (χ2n) is 5.70. The highest BCUT2D eigenvalue weighted by atomic mass is 16.1. The normalized spacial score (nSPS) is 26.9. The summed E-state index contributed by atoms with van der Waals surface area (Å²) >= 11 is 0. The molecule has 2 unspecified atom stereocenters. The summed E-state index contributed by atoms with van der Waals surface area (Å²) < 4.78 is 0. The second-order valence-corrected chi connectivity index (χ2v) is 5.70. The average molecular weight is 207 g/mol. The average Bonchev–Trinajstić information content (AvgIpc) is 1.99. The van der Waals surface area contributed by atoms with Crippen LogP contribution in [-0.4, -0.2) is 5.78 Å². The minimum absolute atomic E-state index is 0.268. The summed E-state index contributed by atoms with van der Waals surface area (Å²) in [6.07, 6.45) is 5.17. The van der Waals surface area contributed by atoms with Gasteiger partial charge in [0.25, 0.3) is 0 Å². The topological polar surface area (TPSA) is 17.1 Å². The van der Waals surface area contributed by atoms with Crippen molar-refractivity contribution in [2.24, 2.45) is 17.3 Å². The van der Waals surface area contributed by atoms with Crippen LogP contribution in [0.5, 0.6) is 0 Å². The molecule has 1 aliphatic rings. The first-order valence-electron chi connectivity index (χ1n) is 5.83. The van der Waals surface area contributed by atoms with E-state index in [0.717, 1.165) is 12.8 Å². The van der Waals surface area contributed by atoms with Crippen molar-refractivity contribution in [3.05, 3.63) is 18.6 Å². The van der Waals surface area contributed by atoms with Gasteiger partial charge in [0.05, 0.1) is 12.8 Å². The second kappa shape index (κ2) is 4.42. The van der Waals surface area contributed by atoms with Crippen LogP contribution >= 0.6 is 0 Å². The van der Waals surface area contributed by atoms with E-state index in [-0.39, 0.29) is 5.41 Å². The SMILES string of the molecule is C=C1C[CH+]CC(C)(C)C1C(C)CC(C)=O. The van der Waals surface area contributed by atoms with E-state index in [1.165, 1.54) is 5.57 Å². The third-order valence-electron chi connectivity index (χ3n) is 3.54. The van der Waals surface area contributed by atoms with Crippen LogP contribution in [0.4, 0.5) is 0 Å². The van der Waals surface area contributed by atoms with Crippen LogP contribution in [0, 0.1) is 23.7 Å². The van der Waals surface area contributed by atoms with Gasteiger partial charge in [-0.05, 0) is 24.3 Å². The van der Waals surface area contributed by atoms with Crippen LogP contribution in [0.2, 0.25) is 0 Å². The van der Waals surface area contributed by atoms with Crippen LogP contribution in [0.25, 0.3) is 0 Å². The van der Waals surface area contributed by atoms with Gasteiger partial charge < -0.3 is 4.79 Å². The highest BCUT2D eigenvalue weighted by Gasteiger charge is 2.42. The molecule has 0 heterocycles. The summed E-state index contributed by atoms with van der Waals surface area (Å²) in [6.45, 7) is 12.6. The molecule has 0 bridgehead atoms. The Labute approximate surface area is 93.9 Å². The minimum atomic E-state index is 0.268. The number of carbonyl (C=O) groups excluding carboxylic acids is 1. The first-order valence-corrected chi connectivity index (χ1v) is 5.83. The Kier molecular flexibility index (Phi) is 3.64. The Morgan fingerprint density at radius 3 is 2.73 bits per heavy atom. The van der Waals surface area contributed by atoms with Gasteiger partial charge in [0.1, 0.15) is 12.2 Å². The molecule has 1 aliphatic carbocycles. The lowest BCUT2D eigenvalue weighted by molar-refractivity contribution is -0.118. The van der Waals surface area contributed by atoms with Crippen LogP contribution in [0.15, 0.2) is 12.2 Å². The van der Waals surface area contributed by atoms with Crippen molar-refractivity contribution in [3.8, 4) is 0 Å². The van der Waals surface area contributed by atoms with Gasteiger partial charge in [-0.2, -0.15) is 0 Å². The maximum absolute atomic E-state index is 11.2. The molecule has 1 saturated carbocycles. The van der Waals surface area contributed by atoms with Crippen molar-refractivity contribution in [2.45, 2.75) is 47.0 Å². The first-order chi connectivity index (χ1) is 6.84. The Balaban J connectivity index is 2.78. The smallest absolute Gasteiger partial charge is 0.130 e. The molecule has 0 aromatic rings. The van der Waals surface area contributed by atoms with E-state index < -0.39 is 0 Å². The number of hydrogen-bond donors (Lipinski definition) is 0. The van der Waals surface area contributed by atoms with Gasteiger partial charge in [0.2, 0.25) is 0 Å². The van der Waals surface area contributed by atoms with Crippen molar-refractivity contribution in [2.75, 3.05) is 0 Å². The number of hydrogen-bond acceptors (Lipinski definition) is 1. The summed E-state index contributed by atoms with van der Waals surface area (Å²) in [7, 11) is 0. The van der Waals surface area contributed by atoms with Gasteiger partial charge in [-0.3, -0.25) is 0 Å². The predicted molar refractivity (Wildman–Crippen MR) is 64.4 cm³/mol. The lowest BCUT2D eigenvalue weighted by atomic mass is 9.61. The molecule has 0 amide bonds. The van der Waals surface area contributed by atoms with Gasteiger partial charge in [-0.1, -0.05) is 27.4 Å². The minimum Gasteiger partial charge on any atom is -0.300 e. The number of ketones is 1. The fourth-order valence-electron chi connectivity index (χ4n) is 3.18. The number of Topliss-reactive ketones (excluding diaryl/α,β-unsaturated/α-hetero) is 1. The molecule has 0 aromatic carbocycles. The quantitative estimate of drug-likeness (QED) is 0.508. The molecule has 0 aliphatic heterocycles. The maximum atomic E-state index is 11.2. The number of rotatable bonds is 3. The molecule has 0 spiro atoms. The van der Waals surface area contributed by atoms with Gasteiger partial charge in [0, 0.05) is 11.8 Å². The van der Waals surface area contributed by atoms with Crippen LogP contribution in [0.1, 0.15) is 47.0 Å². The molecule has 1 heteroatoms. The van der Waals surface area contributed by atoms with Crippen LogP contribution < -0.4 is 0 Å². The van der Waals surface area contributed by atoms with Crippen LogP contribution in [-0.2, 0) is 4.79 Å². The summed E-state index contributed by atoms with van der Waals surface area (Å²) in [6, 6.07) is 0. The Morgan fingerprint density at radius 1 is 1.67 bits per heavy atom. The zero-order valence-corrected chi connectivity index (χ0v) is 10.5. The highest BCUT2D eigenvalue weighted by Crippen LogP contribution is 2.47. The number of allylic oxidation sites excluding steroid dienone is 1. The maximum Gasteiger partial charge on any atom is 0.130 e. The monoisotopic (exact) mass is 207 g/mol. The highest BCUT2D eigenvalue weighted by molar-refractivity contribution is 5.75. The van der Waals surface area contributed by atoms with Crippen molar-refractivity contribution >= 4 is 5.78 Å². The van der Waals surface area contributed by atoms with Gasteiger partial charge >= 0.3 is 0 Å². The predicted octanol–water partition coefficient (Wildman–Crippen LogP) is 3.80. The van der Waals surface area contributed by atoms with E-state index in [0.29, 0.717) is 24.0 Å². The lowest BCUT2D eigenvalue weighted by Crippen LogP contribution is -2.35. The van der Waals surface area contributed by atoms with Crippen LogP contribution in [0.3, 0.4) is 0 Å². The fraction of sp³-hybridized carbons (Fsp3) is 0.714. The molecule has 2 atom stereocenters. The molecule has 1 fully saturated rings. The first kappa shape index (κ1) is 12.4. The molecule has 0 N–H and O–H groups in total. The zero-order valence-electron chi connectivity index (χ0n) is 10.5. The zero-order chi connectivity index (χ0) is 11.6. The molecule has 1 nitrogen and oxygen atoms in total. The molecule has 1 rings (SSSR count). The van der Waals surface area contributed by atoms with E-state index in [2.05, 4.69) is 33.8 Å². The van der Waals surface area contributed by atoms with Crippen molar-refractivity contribution < 1.29 is 4.79 Å². The molecular formula is C14H23O+. The van der Waals surface area contributed by atoms with E-state index in [1.54, 1.807) is 6.92 Å². The molecule has 84 valence electrons. The Hall–Kier alpha value is -0.720. The van der Waals surface area contributed by atoms with Crippen molar-refractivity contribution in [1.29, 1.82) is 0 Å². The van der Waals surface area contributed by atoms with Gasteiger partial charge in [-0.25, -0.2) is 0 Å².